The zero-order valence-corrected chi connectivity index (χ0v) is 12.5. The number of nitrogens with one attached hydrogen (secondary N) is 1. The van der Waals surface area contributed by atoms with E-state index >= 15 is 0 Å². The number of aryl methyl sites for hydroxylation is 1. The third-order valence-corrected chi connectivity index (χ3v) is 3.50. The zero-order chi connectivity index (χ0) is 15.7. The van der Waals surface area contributed by atoms with Crippen LogP contribution in [-0.4, -0.2) is 25.7 Å². The summed E-state index contributed by atoms with van der Waals surface area (Å²) in [6.45, 7) is 4.44. The second kappa shape index (κ2) is 5.72. The number of pyridine rings is 1. The third-order valence-electron chi connectivity index (χ3n) is 3.50. The van der Waals surface area contributed by atoms with E-state index in [2.05, 4.69) is 20.5 Å². The summed E-state index contributed by atoms with van der Waals surface area (Å²) in [5.74, 6) is 1.53. The first-order chi connectivity index (χ1) is 10.6. The maximum Gasteiger partial charge on any atom is 0.323 e. The molecular weight excluding hydrogens is 284 g/mol. The fourth-order valence-corrected chi connectivity index (χ4v) is 2.38. The molecule has 3 rings (SSSR count). The maximum absolute atomic E-state index is 11.4. The number of nitrogens with zero attached hydrogens (tertiary/aromatic N) is 4. The summed E-state index contributed by atoms with van der Waals surface area (Å²) in [5.41, 5.74) is 6.86. The van der Waals surface area contributed by atoms with Gasteiger partial charge in [0, 0.05) is 19.0 Å². The third kappa shape index (κ3) is 2.64. The highest BCUT2D eigenvalue weighted by Crippen LogP contribution is 2.26. The Hall–Kier alpha value is -2.48. The van der Waals surface area contributed by atoms with Gasteiger partial charge in [-0.3, -0.25) is 9.36 Å². The first-order valence-corrected chi connectivity index (χ1v) is 7.24. The van der Waals surface area contributed by atoms with Gasteiger partial charge in [-0.15, -0.1) is 5.10 Å². The number of hydrogen-bond acceptors (Lipinski definition) is 6. The maximum atomic E-state index is 11.4. The summed E-state index contributed by atoms with van der Waals surface area (Å²) in [6, 6.07) is 3.76. The van der Waals surface area contributed by atoms with Crippen LogP contribution in [0.1, 0.15) is 37.7 Å². The Morgan fingerprint density at radius 1 is 1.41 bits per heavy atom. The van der Waals surface area contributed by atoms with E-state index in [1.807, 2.05) is 19.9 Å². The number of amides is 1. The highest BCUT2D eigenvalue weighted by molar-refractivity contribution is 5.92. The molecule has 8 heteroatoms. The topological polar surface area (TPSA) is 108 Å². The normalized spacial score (nSPS) is 15.1. The standard InChI is InChI=1S/C14H18N6O2/c1-3-20-13(8(2)15)18-19-14(20)22-11-7-5-9-4-6-10(21)16-12(9)17-11/h5,7-8H,3-4,6,15H2,1-2H3,(H,16,17,21)/t8-/m1/s1. The number of fused-ring (bicyclic) bond motifs is 1. The molecule has 2 aromatic heterocycles. The lowest BCUT2D eigenvalue weighted by Gasteiger charge is -2.16. The van der Waals surface area contributed by atoms with E-state index in [0.29, 0.717) is 42.9 Å². The summed E-state index contributed by atoms with van der Waals surface area (Å²) in [4.78, 5) is 15.8. The minimum Gasteiger partial charge on any atom is -0.405 e. The molecule has 0 radical (unpaired) electrons. The summed E-state index contributed by atoms with van der Waals surface area (Å²) in [6.07, 6.45) is 1.17. The van der Waals surface area contributed by atoms with Crippen LogP contribution in [0.25, 0.3) is 0 Å². The molecule has 0 spiro atoms. The van der Waals surface area contributed by atoms with Gasteiger partial charge in [-0.1, -0.05) is 5.10 Å². The van der Waals surface area contributed by atoms with Gasteiger partial charge >= 0.3 is 6.01 Å². The molecule has 0 aliphatic carbocycles. The number of carbonyl (C=O) groups is 1. The lowest BCUT2D eigenvalue weighted by Crippen LogP contribution is -2.20. The van der Waals surface area contributed by atoms with Gasteiger partial charge in [0.2, 0.25) is 11.8 Å². The fourth-order valence-electron chi connectivity index (χ4n) is 2.38. The molecule has 2 aromatic rings. The molecule has 0 saturated heterocycles. The molecule has 1 atom stereocenters. The minimum absolute atomic E-state index is 0.0342. The van der Waals surface area contributed by atoms with Crippen LogP contribution in [0.2, 0.25) is 0 Å². The molecule has 0 saturated carbocycles. The Morgan fingerprint density at radius 2 is 2.23 bits per heavy atom. The smallest absolute Gasteiger partial charge is 0.323 e. The highest BCUT2D eigenvalue weighted by atomic mass is 16.5. The van der Waals surface area contributed by atoms with E-state index in [-0.39, 0.29) is 11.9 Å². The number of anilines is 1. The molecule has 1 aliphatic rings. The van der Waals surface area contributed by atoms with E-state index in [1.54, 1.807) is 10.6 Å². The molecule has 3 heterocycles. The molecule has 116 valence electrons. The van der Waals surface area contributed by atoms with Crippen LogP contribution in [0.15, 0.2) is 12.1 Å². The average Bonchev–Trinajstić information content (AvgIpc) is 2.89. The van der Waals surface area contributed by atoms with Gasteiger partial charge in [-0.05, 0) is 31.9 Å². The van der Waals surface area contributed by atoms with Crippen LogP contribution in [-0.2, 0) is 17.8 Å². The lowest BCUT2D eigenvalue weighted by atomic mass is 10.1. The van der Waals surface area contributed by atoms with Gasteiger partial charge in [-0.2, -0.15) is 4.98 Å². The second-order valence-electron chi connectivity index (χ2n) is 5.18. The molecule has 0 unspecified atom stereocenters. The zero-order valence-electron chi connectivity index (χ0n) is 12.5. The molecule has 0 aromatic carbocycles. The Bertz CT molecular complexity index is 709. The molecule has 1 aliphatic heterocycles. The number of rotatable bonds is 4. The van der Waals surface area contributed by atoms with Crippen molar-refractivity contribution >= 4 is 11.7 Å². The summed E-state index contributed by atoms with van der Waals surface area (Å²) >= 11 is 0. The van der Waals surface area contributed by atoms with Crippen molar-refractivity contribution < 1.29 is 9.53 Å². The predicted molar refractivity (Wildman–Crippen MR) is 79.6 cm³/mol. The average molecular weight is 302 g/mol. The summed E-state index contributed by atoms with van der Waals surface area (Å²) in [5, 5.41) is 10.8. The van der Waals surface area contributed by atoms with Gasteiger partial charge in [0.1, 0.15) is 5.82 Å². The van der Waals surface area contributed by atoms with Crippen LogP contribution in [0.5, 0.6) is 11.9 Å². The van der Waals surface area contributed by atoms with E-state index in [1.165, 1.54) is 0 Å². The van der Waals surface area contributed by atoms with Gasteiger partial charge in [-0.25, -0.2) is 0 Å². The second-order valence-corrected chi connectivity index (χ2v) is 5.18. The van der Waals surface area contributed by atoms with E-state index in [0.717, 1.165) is 5.56 Å². The summed E-state index contributed by atoms with van der Waals surface area (Å²) in [7, 11) is 0. The number of nitrogens with two attached hydrogens (primary N) is 1. The quantitative estimate of drug-likeness (QED) is 0.883. The van der Waals surface area contributed by atoms with Gasteiger partial charge in [0.25, 0.3) is 0 Å². The van der Waals surface area contributed by atoms with E-state index in [4.69, 9.17) is 10.5 Å². The Kier molecular flexibility index (Phi) is 3.76. The predicted octanol–water partition coefficient (Wildman–Crippen LogP) is 1.39. The van der Waals surface area contributed by atoms with Crippen LogP contribution < -0.4 is 15.8 Å². The number of ether oxygens (including phenoxy) is 1. The largest absolute Gasteiger partial charge is 0.405 e. The van der Waals surface area contributed by atoms with Crippen molar-refractivity contribution in [3.63, 3.8) is 0 Å². The molecule has 3 N–H and O–H groups in total. The van der Waals surface area contributed by atoms with Crippen LogP contribution >= 0.6 is 0 Å². The van der Waals surface area contributed by atoms with Crippen LogP contribution in [0.3, 0.4) is 0 Å². The van der Waals surface area contributed by atoms with Crippen LogP contribution in [0, 0.1) is 0 Å². The SMILES string of the molecule is CCn1c(Oc2ccc3c(n2)NC(=O)CC3)nnc1[C@@H](C)N. The molecule has 1 amide bonds. The fraction of sp³-hybridized carbons (Fsp3) is 0.429. The number of hydrogen-bond donors (Lipinski definition) is 2. The van der Waals surface area contributed by atoms with Crippen molar-refractivity contribution in [1.29, 1.82) is 0 Å². The van der Waals surface area contributed by atoms with E-state index < -0.39 is 0 Å². The van der Waals surface area contributed by atoms with Gasteiger partial charge < -0.3 is 15.8 Å². The Balaban J connectivity index is 1.88. The Labute approximate surface area is 127 Å². The van der Waals surface area contributed by atoms with Gasteiger partial charge in [0.05, 0.1) is 6.04 Å². The van der Waals surface area contributed by atoms with E-state index in [9.17, 15) is 4.79 Å². The van der Waals surface area contributed by atoms with Gasteiger partial charge in [0.15, 0.2) is 5.82 Å². The van der Waals surface area contributed by atoms with Crippen molar-refractivity contribution in [3.8, 4) is 11.9 Å². The number of carbonyl (C=O) groups excluding carboxylic acids is 1. The lowest BCUT2D eigenvalue weighted by molar-refractivity contribution is -0.116. The molecule has 8 nitrogen and oxygen atoms in total. The van der Waals surface area contributed by atoms with Crippen molar-refractivity contribution in [3.05, 3.63) is 23.5 Å². The number of aromatic nitrogens is 4. The minimum atomic E-state index is -0.236. The van der Waals surface area contributed by atoms with Crippen LogP contribution in [0.4, 0.5) is 5.82 Å². The molecule has 0 fully saturated rings. The molecule has 22 heavy (non-hydrogen) atoms. The first kappa shape index (κ1) is 14.5. The van der Waals surface area contributed by atoms with Crippen molar-refractivity contribution in [2.75, 3.05) is 5.32 Å². The van der Waals surface area contributed by atoms with Crippen molar-refractivity contribution in [1.82, 2.24) is 19.7 Å². The van der Waals surface area contributed by atoms with Crippen molar-refractivity contribution in [2.24, 2.45) is 5.73 Å². The monoisotopic (exact) mass is 302 g/mol. The first-order valence-electron chi connectivity index (χ1n) is 7.24. The summed E-state index contributed by atoms with van der Waals surface area (Å²) < 4.78 is 7.50. The Morgan fingerprint density at radius 3 is 2.95 bits per heavy atom. The van der Waals surface area contributed by atoms with Crippen molar-refractivity contribution in [2.45, 2.75) is 39.3 Å². The highest BCUT2D eigenvalue weighted by Gasteiger charge is 2.19. The molecule has 0 bridgehead atoms. The molecular formula is C14H18N6O2.